The summed E-state index contributed by atoms with van der Waals surface area (Å²) in [6.07, 6.45) is 4.32. The van der Waals surface area contributed by atoms with Crippen LogP contribution in [0.5, 0.6) is 5.75 Å². The third kappa shape index (κ3) is 4.73. The number of carbonyl (C=O) groups excluding carboxylic acids is 1. The summed E-state index contributed by atoms with van der Waals surface area (Å²) in [5, 5.41) is 0. The summed E-state index contributed by atoms with van der Waals surface area (Å²) in [5.41, 5.74) is 2.84. The maximum absolute atomic E-state index is 12.1. The van der Waals surface area contributed by atoms with Crippen LogP contribution in [-0.4, -0.2) is 11.8 Å². The summed E-state index contributed by atoms with van der Waals surface area (Å²) in [4.78, 5) is 12.1. The van der Waals surface area contributed by atoms with Crippen LogP contribution in [0.25, 0.3) is 0 Å². The van der Waals surface area contributed by atoms with Crippen molar-refractivity contribution in [3.8, 4) is 5.75 Å². The standard InChI is InChI=1S/C20H30O3/c1-13-11-15(3)18(22-19(21)23-20(4,5)6)17(12-13)16-10-8-7-9-14(16)2/h11-12,14,16H,7-10H2,1-6H3. The second kappa shape index (κ2) is 6.94. The van der Waals surface area contributed by atoms with Crippen molar-refractivity contribution in [1.29, 1.82) is 0 Å². The molecule has 3 nitrogen and oxygen atoms in total. The van der Waals surface area contributed by atoms with Gasteiger partial charge in [-0.15, -0.1) is 0 Å². The predicted molar refractivity (Wildman–Crippen MR) is 93.2 cm³/mol. The van der Waals surface area contributed by atoms with Crippen LogP contribution in [0.3, 0.4) is 0 Å². The van der Waals surface area contributed by atoms with E-state index in [1.807, 2.05) is 27.7 Å². The Kier molecular flexibility index (Phi) is 5.38. The lowest BCUT2D eigenvalue weighted by Gasteiger charge is -2.31. The van der Waals surface area contributed by atoms with E-state index in [0.29, 0.717) is 17.6 Å². The van der Waals surface area contributed by atoms with Crippen molar-refractivity contribution in [3.63, 3.8) is 0 Å². The molecule has 0 amide bonds. The fraction of sp³-hybridized carbons (Fsp3) is 0.650. The van der Waals surface area contributed by atoms with Crippen molar-refractivity contribution in [1.82, 2.24) is 0 Å². The molecule has 0 bridgehead atoms. The lowest BCUT2D eigenvalue weighted by Crippen LogP contribution is -2.27. The number of carbonyl (C=O) groups is 1. The van der Waals surface area contributed by atoms with Gasteiger partial charge in [0.2, 0.25) is 0 Å². The maximum atomic E-state index is 12.1. The zero-order chi connectivity index (χ0) is 17.2. The Hall–Kier alpha value is -1.51. The van der Waals surface area contributed by atoms with Crippen LogP contribution in [0.15, 0.2) is 12.1 Å². The first-order chi connectivity index (χ1) is 10.7. The van der Waals surface area contributed by atoms with Crippen molar-refractivity contribution in [2.75, 3.05) is 0 Å². The molecular formula is C20H30O3. The van der Waals surface area contributed by atoms with Gasteiger partial charge in [0.15, 0.2) is 0 Å². The molecule has 1 saturated carbocycles. The molecule has 2 rings (SSSR count). The minimum Gasteiger partial charge on any atom is -0.428 e. The lowest BCUT2D eigenvalue weighted by molar-refractivity contribution is 0.0201. The smallest absolute Gasteiger partial charge is 0.428 e. The number of ether oxygens (including phenoxy) is 2. The monoisotopic (exact) mass is 318 g/mol. The fourth-order valence-corrected chi connectivity index (χ4v) is 3.53. The molecule has 0 aliphatic heterocycles. The molecule has 2 unspecified atom stereocenters. The van der Waals surface area contributed by atoms with Crippen LogP contribution in [0.2, 0.25) is 0 Å². The zero-order valence-corrected chi connectivity index (χ0v) is 15.4. The molecule has 23 heavy (non-hydrogen) atoms. The highest BCUT2D eigenvalue weighted by molar-refractivity contribution is 5.66. The highest BCUT2D eigenvalue weighted by atomic mass is 16.7. The summed E-state index contributed by atoms with van der Waals surface area (Å²) in [6.45, 7) is 11.9. The Bertz CT molecular complexity index is 569. The predicted octanol–water partition coefficient (Wildman–Crippen LogP) is 5.91. The Morgan fingerprint density at radius 1 is 1.13 bits per heavy atom. The summed E-state index contributed by atoms with van der Waals surface area (Å²) in [6, 6.07) is 4.25. The first-order valence-corrected chi connectivity index (χ1v) is 8.69. The molecule has 0 radical (unpaired) electrons. The molecule has 1 fully saturated rings. The number of hydrogen-bond acceptors (Lipinski definition) is 3. The summed E-state index contributed by atoms with van der Waals surface area (Å²) in [5.74, 6) is 1.77. The van der Waals surface area contributed by atoms with Crippen molar-refractivity contribution >= 4 is 6.16 Å². The summed E-state index contributed by atoms with van der Waals surface area (Å²) in [7, 11) is 0. The Balaban J connectivity index is 2.32. The Morgan fingerprint density at radius 3 is 2.39 bits per heavy atom. The zero-order valence-electron chi connectivity index (χ0n) is 15.4. The van der Waals surface area contributed by atoms with E-state index in [4.69, 9.17) is 9.47 Å². The van der Waals surface area contributed by atoms with Gasteiger partial charge in [-0.3, -0.25) is 0 Å². The minimum absolute atomic E-state index is 0.458. The molecule has 0 N–H and O–H groups in total. The van der Waals surface area contributed by atoms with Gasteiger partial charge in [0.05, 0.1) is 0 Å². The first kappa shape index (κ1) is 17.8. The molecule has 1 aromatic carbocycles. The van der Waals surface area contributed by atoms with Crippen LogP contribution in [0, 0.1) is 19.8 Å². The second-order valence-electron chi connectivity index (χ2n) is 7.93. The molecule has 128 valence electrons. The van der Waals surface area contributed by atoms with Crippen LogP contribution in [-0.2, 0) is 4.74 Å². The third-order valence-electron chi connectivity index (χ3n) is 4.53. The van der Waals surface area contributed by atoms with Gasteiger partial charge in [-0.25, -0.2) is 4.79 Å². The summed E-state index contributed by atoms with van der Waals surface area (Å²) >= 11 is 0. The molecule has 1 aliphatic carbocycles. The van der Waals surface area contributed by atoms with E-state index in [-0.39, 0.29) is 0 Å². The highest BCUT2D eigenvalue weighted by Crippen LogP contribution is 2.43. The summed E-state index contributed by atoms with van der Waals surface area (Å²) < 4.78 is 11.0. The van der Waals surface area contributed by atoms with Gasteiger partial charge in [0, 0.05) is 0 Å². The second-order valence-corrected chi connectivity index (χ2v) is 7.93. The van der Waals surface area contributed by atoms with Gasteiger partial charge >= 0.3 is 6.16 Å². The highest BCUT2D eigenvalue weighted by Gasteiger charge is 2.28. The number of rotatable bonds is 2. The topological polar surface area (TPSA) is 35.5 Å². The van der Waals surface area contributed by atoms with Gasteiger partial charge in [-0.1, -0.05) is 43.9 Å². The van der Waals surface area contributed by atoms with E-state index < -0.39 is 11.8 Å². The average molecular weight is 318 g/mol. The molecule has 2 atom stereocenters. The van der Waals surface area contributed by atoms with Gasteiger partial charge in [0.1, 0.15) is 11.4 Å². The number of aryl methyl sites for hydroxylation is 2. The van der Waals surface area contributed by atoms with Gasteiger partial charge < -0.3 is 9.47 Å². The Morgan fingerprint density at radius 2 is 1.78 bits per heavy atom. The number of benzene rings is 1. The van der Waals surface area contributed by atoms with Gasteiger partial charge in [-0.05, 0) is 64.0 Å². The van der Waals surface area contributed by atoms with Crippen molar-refractivity contribution in [2.45, 2.75) is 78.7 Å². The first-order valence-electron chi connectivity index (χ1n) is 8.69. The fourth-order valence-electron chi connectivity index (χ4n) is 3.53. The van der Waals surface area contributed by atoms with E-state index >= 15 is 0 Å². The minimum atomic E-state index is -0.617. The lowest BCUT2D eigenvalue weighted by atomic mass is 9.75. The maximum Gasteiger partial charge on any atom is 0.514 e. The van der Waals surface area contributed by atoms with Gasteiger partial charge in [0.25, 0.3) is 0 Å². The van der Waals surface area contributed by atoms with Crippen molar-refractivity contribution < 1.29 is 14.3 Å². The van der Waals surface area contributed by atoms with Crippen molar-refractivity contribution in [3.05, 3.63) is 28.8 Å². The van der Waals surface area contributed by atoms with E-state index in [0.717, 1.165) is 12.0 Å². The molecule has 0 saturated heterocycles. The van der Waals surface area contributed by atoms with Crippen LogP contribution < -0.4 is 4.74 Å². The Labute approximate surface area is 140 Å². The van der Waals surface area contributed by atoms with Crippen LogP contribution >= 0.6 is 0 Å². The van der Waals surface area contributed by atoms with E-state index in [1.165, 1.54) is 30.4 Å². The molecular weight excluding hydrogens is 288 g/mol. The van der Waals surface area contributed by atoms with E-state index in [9.17, 15) is 4.79 Å². The quantitative estimate of drug-likeness (QED) is 0.502. The van der Waals surface area contributed by atoms with Gasteiger partial charge in [-0.2, -0.15) is 0 Å². The number of hydrogen-bond donors (Lipinski definition) is 0. The van der Waals surface area contributed by atoms with Crippen molar-refractivity contribution in [2.24, 2.45) is 5.92 Å². The molecule has 3 heteroatoms. The average Bonchev–Trinajstić information content (AvgIpc) is 2.40. The molecule has 0 aromatic heterocycles. The SMILES string of the molecule is Cc1cc(C)c(OC(=O)OC(C)(C)C)c(C2CCCCC2C)c1. The van der Waals surface area contributed by atoms with E-state index in [1.54, 1.807) is 0 Å². The molecule has 0 heterocycles. The third-order valence-corrected chi connectivity index (χ3v) is 4.53. The molecule has 1 aliphatic rings. The van der Waals surface area contributed by atoms with Crippen LogP contribution in [0.1, 0.15) is 76.0 Å². The largest absolute Gasteiger partial charge is 0.514 e. The van der Waals surface area contributed by atoms with Crippen LogP contribution in [0.4, 0.5) is 4.79 Å². The normalized spacial score (nSPS) is 21.8. The molecule has 1 aromatic rings. The molecule has 0 spiro atoms. The van der Waals surface area contributed by atoms with E-state index in [2.05, 4.69) is 26.0 Å².